The molecule has 5 rings (SSSR count). The summed E-state index contributed by atoms with van der Waals surface area (Å²) in [6.07, 6.45) is 0. The predicted molar refractivity (Wildman–Crippen MR) is 116 cm³/mol. The summed E-state index contributed by atoms with van der Waals surface area (Å²) in [7, 11) is 0. The molecule has 0 aliphatic heterocycles. The van der Waals surface area contributed by atoms with Crippen LogP contribution < -0.4 is 5.43 Å². The highest BCUT2D eigenvalue weighted by atomic mass is 16.5. The summed E-state index contributed by atoms with van der Waals surface area (Å²) in [5.74, 6) is 1.35. The third-order valence-electron chi connectivity index (χ3n) is 5.22. The fourth-order valence-electron chi connectivity index (χ4n) is 3.61. The molecule has 0 atom stereocenters. The molecule has 0 unspecified atom stereocenters. The first-order chi connectivity index (χ1) is 14.6. The number of hydrogen-bond donors (Lipinski definition) is 0. The minimum Gasteiger partial charge on any atom is -0.455 e. The summed E-state index contributed by atoms with van der Waals surface area (Å²) in [5.41, 5.74) is 4.31. The first-order valence-corrected chi connectivity index (χ1v) is 9.65. The van der Waals surface area contributed by atoms with Crippen molar-refractivity contribution in [2.75, 3.05) is 0 Å². The molecular weight excluding hydrogens is 376 g/mol. The van der Waals surface area contributed by atoms with E-state index in [2.05, 4.69) is 10.1 Å². The Kier molecular flexibility index (Phi) is 4.29. The van der Waals surface area contributed by atoms with Gasteiger partial charge in [-0.15, -0.1) is 0 Å². The van der Waals surface area contributed by atoms with Crippen molar-refractivity contribution in [3.8, 4) is 34.2 Å². The molecule has 3 aromatic carbocycles. The number of rotatable bonds is 3. The van der Waals surface area contributed by atoms with E-state index in [0.29, 0.717) is 39.6 Å². The van der Waals surface area contributed by atoms with Gasteiger partial charge in [0.1, 0.15) is 5.76 Å². The molecule has 0 aliphatic carbocycles. The summed E-state index contributed by atoms with van der Waals surface area (Å²) >= 11 is 0. The molecule has 0 amide bonds. The first kappa shape index (κ1) is 18.1. The van der Waals surface area contributed by atoms with E-state index in [1.807, 2.05) is 67.6 Å². The van der Waals surface area contributed by atoms with Crippen molar-refractivity contribution in [1.82, 2.24) is 10.1 Å². The van der Waals surface area contributed by atoms with Crippen LogP contribution in [-0.2, 0) is 0 Å². The van der Waals surface area contributed by atoms with E-state index in [4.69, 9.17) is 8.94 Å². The average Bonchev–Trinajstić information content (AvgIpc) is 3.26. The predicted octanol–water partition coefficient (Wildman–Crippen LogP) is 5.79. The van der Waals surface area contributed by atoms with Gasteiger partial charge in [0, 0.05) is 16.7 Å². The maximum absolute atomic E-state index is 13.1. The van der Waals surface area contributed by atoms with Crippen LogP contribution in [0.5, 0.6) is 0 Å². The van der Waals surface area contributed by atoms with Gasteiger partial charge in [0.15, 0.2) is 11.0 Å². The Morgan fingerprint density at radius 1 is 0.800 bits per heavy atom. The zero-order valence-corrected chi connectivity index (χ0v) is 16.5. The molecule has 0 spiro atoms. The number of para-hydroxylation sites is 1. The second kappa shape index (κ2) is 7.12. The largest absolute Gasteiger partial charge is 0.455 e. The molecule has 5 nitrogen and oxygen atoms in total. The standard InChI is InChI=1S/C25H18N2O3/c1-15-9-6-7-12-18(15)24-26-25(30-27-24)20-14-8-13-19-21(28)16(2)22(29-23(19)20)17-10-4-3-5-11-17/h3-14H,1-2H3. The van der Waals surface area contributed by atoms with Gasteiger partial charge in [0.2, 0.25) is 5.82 Å². The molecule has 0 N–H and O–H groups in total. The zero-order chi connectivity index (χ0) is 20.7. The molecule has 0 saturated heterocycles. The molecule has 2 heterocycles. The number of aromatic nitrogens is 2. The van der Waals surface area contributed by atoms with Crippen LogP contribution in [0.3, 0.4) is 0 Å². The lowest BCUT2D eigenvalue weighted by Crippen LogP contribution is -2.07. The van der Waals surface area contributed by atoms with Crippen molar-refractivity contribution in [2.45, 2.75) is 13.8 Å². The summed E-state index contributed by atoms with van der Waals surface area (Å²) in [6, 6.07) is 22.8. The van der Waals surface area contributed by atoms with Crippen LogP contribution in [0.25, 0.3) is 45.1 Å². The number of fused-ring (bicyclic) bond motifs is 1. The molecule has 5 aromatic rings. The second-order valence-corrected chi connectivity index (χ2v) is 7.17. The van der Waals surface area contributed by atoms with E-state index in [1.54, 1.807) is 19.1 Å². The third-order valence-corrected chi connectivity index (χ3v) is 5.22. The SMILES string of the molecule is Cc1ccccc1-c1noc(-c2cccc3c(=O)c(C)c(-c4ccccc4)oc23)n1. The van der Waals surface area contributed by atoms with E-state index in [9.17, 15) is 4.79 Å². The number of hydrogen-bond acceptors (Lipinski definition) is 5. The van der Waals surface area contributed by atoms with Crippen LogP contribution in [0.1, 0.15) is 11.1 Å². The van der Waals surface area contributed by atoms with Gasteiger partial charge >= 0.3 is 0 Å². The Bertz CT molecular complexity index is 1430. The molecule has 146 valence electrons. The summed E-state index contributed by atoms with van der Waals surface area (Å²) < 4.78 is 11.8. The summed E-state index contributed by atoms with van der Waals surface area (Å²) in [6.45, 7) is 3.78. The van der Waals surface area contributed by atoms with Crippen molar-refractivity contribution in [1.29, 1.82) is 0 Å². The Hall–Kier alpha value is -3.99. The topological polar surface area (TPSA) is 69.1 Å². The minimum absolute atomic E-state index is 0.0735. The third kappa shape index (κ3) is 2.92. The van der Waals surface area contributed by atoms with Crippen molar-refractivity contribution < 1.29 is 8.94 Å². The quantitative estimate of drug-likeness (QED) is 0.387. The van der Waals surface area contributed by atoms with Gasteiger partial charge in [0.25, 0.3) is 5.89 Å². The average molecular weight is 394 g/mol. The maximum atomic E-state index is 13.1. The molecule has 30 heavy (non-hydrogen) atoms. The monoisotopic (exact) mass is 394 g/mol. The van der Waals surface area contributed by atoms with Gasteiger partial charge in [0.05, 0.1) is 10.9 Å². The lowest BCUT2D eigenvalue weighted by Gasteiger charge is -2.08. The van der Waals surface area contributed by atoms with Crippen molar-refractivity contribution in [3.05, 3.63) is 94.1 Å². The van der Waals surface area contributed by atoms with Crippen LogP contribution in [0.15, 0.2) is 86.5 Å². The molecule has 5 heteroatoms. The highest BCUT2D eigenvalue weighted by Crippen LogP contribution is 2.32. The van der Waals surface area contributed by atoms with E-state index < -0.39 is 0 Å². The maximum Gasteiger partial charge on any atom is 0.262 e. The fraction of sp³-hybridized carbons (Fsp3) is 0.0800. The smallest absolute Gasteiger partial charge is 0.262 e. The second-order valence-electron chi connectivity index (χ2n) is 7.17. The normalized spacial score (nSPS) is 11.1. The molecular formula is C25H18N2O3. The van der Waals surface area contributed by atoms with Gasteiger partial charge in [-0.1, -0.05) is 65.8 Å². The lowest BCUT2D eigenvalue weighted by atomic mass is 10.0. The Balaban J connectivity index is 1.72. The van der Waals surface area contributed by atoms with E-state index in [1.165, 1.54) is 0 Å². The Morgan fingerprint density at radius 3 is 2.33 bits per heavy atom. The van der Waals surface area contributed by atoms with Gasteiger partial charge in [-0.3, -0.25) is 4.79 Å². The number of benzene rings is 3. The summed E-state index contributed by atoms with van der Waals surface area (Å²) in [4.78, 5) is 17.6. The number of aryl methyl sites for hydroxylation is 1. The van der Waals surface area contributed by atoms with E-state index >= 15 is 0 Å². The van der Waals surface area contributed by atoms with E-state index in [-0.39, 0.29) is 5.43 Å². The van der Waals surface area contributed by atoms with Gasteiger partial charge < -0.3 is 8.94 Å². The van der Waals surface area contributed by atoms with Crippen LogP contribution in [0.4, 0.5) is 0 Å². The Labute approximate surface area is 172 Å². The summed E-state index contributed by atoms with van der Waals surface area (Å²) in [5, 5.41) is 4.63. The molecule has 0 radical (unpaired) electrons. The minimum atomic E-state index is -0.0735. The molecule has 0 bridgehead atoms. The molecule has 0 fully saturated rings. The van der Waals surface area contributed by atoms with Crippen LogP contribution >= 0.6 is 0 Å². The van der Waals surface area contributed by atoms with E-state index in [0.717, 1.165) is 16.7 Å². The van der Waals surface area contributed by atoms with Crippen molar-refractivity contribution >= 4 is 11.0 Å². The zero-order valence-electron chi connectivity index (χ0n) is 16.5. The van der Waals surface area contributed by atoms with Gasteiger partial charge in [-0.05, 0) is 31.5 Å². The molecule has 0 saturated carbocycles. The van der Waals surface area contributed by atoms with Crippen LogP contribution in [0.2, 0.25) is 0 Å². The van der Waals surface area contributed by atoms with Crippen molar-refractivity contribution in [2.24, 2.45) is 0 Å². The highest BCUT2D eigenvalue weighted by molar-refractivity contribution is 5.91. The highest BCUT2D eigenvalue weighted by Gasteiger charge is 2.19. The van der Waals surface area contributed by atoms with Crippen LogP contribution in [0, 0.1) is 13.8 Å². The lowest BCUT2D eigenvalue weighted by molar-refractivity contribution is 0.432. The first-order valence-electron chi connectivity index (χ1n) is 9.65. The Morgan fingerprint density at radius 2 is 1.53 bits per heavy atom. The fourth-order valence-corrected chi connectivity index (χ4v) is 3.61. The van der Waals surface area contributed by atoms with Crippen LogP contribution in [-0.4, -0.2) is 10.1 Å². The molecule has 2 aromatic heterocycles. The molecule has 0 aliphatic rings. The van der Waals surface area contributed by atoms with Gasteiger partial charge in [-0.2, -0.15) is 4.98 Å². The van der Waals surface area contributed by atoms with Gasteiger partial charge in [-0.25, -0.2) is 0 Å². The number of nitrogens with zero attached hydrogens (tertiary/aromatic N) is 2. The van der Waals surface area contributed by atoms with Crippen molar-refractivity contribution in [3.63, 3.8) is 0 Å².